The molecule has 12 nitrogen and oxygen atoms in total. The lowest BCUT2D eigenvalue weighted by Gasteiger charge is -2.37. The van der Waals surface area contributed by atoms with Gasteiger partial charge in [-0.25, -0.2) is 19.7 Å². The molecule has 6 rings (SSSR count). The van der Waals surface area contributed by atoms with Crippen LogP contribution in [0.1, 0.15) is 57.7 Å². The number of carboxylic acid groups (broad SMARTS) is 1. The molecule has 2 aliphatic rings. The van der Waals surface area contributed by atoms with Crippen LogP contribution in [0, 0.1) is 11.8 Å². The fraction of sp³-hybridized carbons (Fsp3) is 0.342. The second-order valence-corrected chi connectivity index (χ2v) is 13.4. The van der Waals surface area contributed by atoms with Crippen molar-refractivity contribution in [2.24, 2.45) is 7.05 Å². The molecule has 1 saturated heterocycles. The number of alkyl halides is 3. The number of nitrogens with one attached hydrogen (secondary N) is 1. The first-order chi connectivity index (χ1) is 25.2. The maximum atomic E-state index is 14.1. The van der Waals surface area contributed by atoms with Crippen molar-refractivity contribution in [2.75, 3.05) is 43.8 Å². The molecule has 276 valence electrons. The summed E-state index contributed by atoms with van der Waals surface area (Å²) in [5.41, 5.74) is 8.67. The standard InChI is InChI=1S/C38H39F3N8O4/c1-23(2)48-15-13-47(14-16-48)22-27-9-10-28(19-30(27)38(39,40)41)44-33(50)18-25-6-4-5-24(17-25)7-8-26-21-43-36(42)45-34(26)32-20-29-31(46(32)3)11-12-49(35(29)51)37(52)53/h4-6,9-10,17,19-21,23H,11-16,18,22H2,1-3H3,(H,44,50)(H,52,53)(H2,42,43,45). The Morgan fingerprint density at radius 3 is 2.49 bits per heavy atom. The molecular weight excluding hydrogens is 689 g/mol. The number of benzene rings is 2. The Kier molecular flexibility index (Phi) is 10.6. The van der Waals surface area contributed by atoms with Crippen LogP contribution in [0.3, 0.4) is 0 Å². The Labute approximate surface area is 304 Å². The summed E-state index contributed by atoms with van der Waals surface area (Å²) in [7, 11) is 1.75. The van der Waals surface area contributed by atoms with E-state index in [1.54, 1.807) is 41.9 Å². The molecule has 2 aromatic heterocycles. The van der Waals surface area contributed by atoms with Gasteiger partial charge in [0.25, 0.3) is 5.91 Å². The summed E-state index contributed by atoms with van der Waals surface area (Å²) in [5, 5.41) is 12.0. The third-order valence-corrected chi connectivity index (χ3v) is 9.55. The number of amides is 3. The van der Waals surface area contributed by atoms with E-state index in [2.05, 4.69) is 45.9 Å². The van der Waals surface area contributed by atoms with E-state index in [9.17, 15) is 32.7 Å². The smallest absolute Gasteiger partial charge is 0.416 e. The molecular formula is C38H39F3N8O4. The zero-order valence-corrected chi connectivity index (χ0v) is 29.5. The van der Waals surface area contributed by atoms with Gasteiger partial charge in [0, 0.05) is 81.9 Å². The summed E-state index contributed by atoms with van der Waals surface area (Å²) in [6.07, 6.45) is -4.23. The number of hydrogen-bond acceptors (Lipinski definition) is 8. The summed E-state index contributed by atoms with van der Waals surface area (Å²) in [6.45, 7) is 7.37. The quantitative estimate of drug-likeness (QED) is 0.227. The molecule has 0 saturated carbocycles. The highest BCUT2D eigenvalue weighted by atomic mass is 19.4. The number of carbonyl (C=O) groups is 3. The molecule has 1 fully saturated rings. The van der Waals surface area contributed by atoms with Crippen LogP contribution in [0.4, 0.5) is 29.6 Å². The third-order valence-electron chi connectivity index (χ3n) is 9.55. The maximum Gasteiger partial charge on any atom is 0.416 e. The number of nitrogen functional groups attached to an aromatic ring is 1. The predicted octanol–water partition coefficient (Wildman–Crippen LogP) is 4.87. The van der Waals surface area contributed by atoms with Gasteiger partial charge in [-0.15, -0.1) is 0 Å². The molecule has 2 aliphatic heterocycles. The number of nitrogens with two attached hydrogens (primary N) is 1. The van der Waals surface area contributed by atoms with Gasteiger partial charge >= 0.3 is 12.3 Å². The van der Waals surface area contributed by atoms with Gasteiger partial charge in [-0.05, 0) is 55.3 Å². The van der Waals surface area contributed by atoms with Crippen LogP contribution >= 0.6 is 0 Å². The first-order valence-corrected chi connectivity index (χ1v) is 17.1. The van der Waals surface area contributed by atoms with Crippen molar-refractivity contribution in [1.29, 1.82) is 0 Å². The van der Waals surface area contributed by atoms with E-state index in [1.807, 2.05) is 4.90 Å². The molecule has 0 radical (unpaired) electrons. The van der Waals surface area contributed by atoms with Crippen molar-refractivity contribution < 1.29 is 32.7 Å². The van der Waals surface area contributed by atoms with Gasteiger partial charge in [-0.2, -0.15) is 13.2 Å². The molecule has 15 heteroatoms. The van der Waals surface area contributed by atoms with Gasteiger partial charge in [0.05, 0.1) is 28.8 Å². The molecule has 4 heterocycles. The molecule has 0 spiro atoms. The minimum absolute atomic E-state index is 0.0200. The molecule has 4 aromatic rings. The van der Waals surface area contributed by atoms with E-state index in [0.29, 0.717) is 59.3 Å². The van der Waals surface area contributed by atoms with E-state index in [1.165, 1.54) is 18.3 Å². The number of hydrogen-bond donors (Lipinski definition) is 3. The number of halogens is 3. The number of fused-ring (bicyclic) bond motifs is 1. The van der Waals surface area contributed by atoms with Gasteiger partial charge in [0.1, 0.15) is 5.69 Å². The Bertz CT molecular complexity index is 2130. The topological polar surface area (TPSA) is 150 Å². The second kappa shape index (κ2) is 15.1. The summed E-state index contributed by atoms with van der Waals surface area (Å²) in [4.78, 5) is 50.9. The van der Waals surface area contributed by atoms with Crippen molar-refractivity contribution in [3.05, 3.63) is 93.8 Å². The minimum atomic E-state index is -4.59. The number of anilines is 2. The number of imide groups is 1. The average molecular weight is 729 g/mol. The fourth-order valence-electron chi connectivity index (χ4n) is 6.71. The Morgan fingerprint density at radius 1 is 1.04 bits per heavy atom. The summed E-state index contributed by atoms with van der Waals surface area (Å²) in [6, 6.07) is 12.8. The minimum Gasteiger partial charge on any atom is -0.465 e. The normalized spacial score (nSPS) is 15.2. The number of rotatable bonds is 7. The monoisotopic (exact) mass is 728 g/mol. The largest absolute Gasteiger partial charge is 0.465 e. The van der Waals surface area contributed by atoms with Crippen LogP contribution in [0.25, 0.3) is 11.4 Å². The molecule has 4 N–H and O–H groups in total. The van der Waals surface area contributed by atoms with E-state index < -0.39 is 29.6 Å². The first kappa shape index (κ1) is 37.1. The van der Waals surface area contributed by atoms with E-state index in [0.717, 1.165) is 24.1 Å². The van der Waals surface area contributed by atoms with E-state index >= 15 is 0 Å². The summed E-state index contributed by atoms with van der Waals surface area (Å²) >= 11 is 0. The number of carbonyl (C=O) groups excluding carboxylic acids is 2. The lowest BCUT2D eigenvalue weighted by atomic mass is 10.0. The van der Waals surface area contributed by atoms with Crippen molar-refractivity contribution in [1.82, 2.24) is 29.2 Å². The molecule has 53 heavy (non-hydrogen) atoms. The fourth-order valence-corrected chi connectivity index (χ4v) is 6.71. The highest BCUT2D eigenvalue weighted by molar-refractivity contribution is 6.05. The Balaban J connectivity index is 1.16. The van der Waals surface area contributed by atoms with Gasteiger partial charge in [-0.1, -0.05) is 30.0 Å². The first-order valence-electron chi connectivity index (χ1n) is 17.1. The highest BCUT2D eigenvalue weighted by Gasteiger charge is 2.35. The van der Waals surface area contributed by atoms with Crippen molar-refractivity contribution in [3.8, 4) is 23.2 Å². The van der Waals surface area contributed by atoms with Crippen LogP contribution < -0.4 is 11.1 Å². The second-order valence-electron chi connectivity index (χ2n) is 13.4. The van der Waals surface area contributed by atoms with Crippen LogP contribution in [0.2, 0.25) is 0 Å². The maximum absolute atomic E-state index is 14.1. The zero-order valence-electron chi connectivity index (χ0n) is 29.5. The Morgan fingerprint density at radius 2 is 1.79 bits per heavy atom. The molecule has 2 aromatic carbocycles. The summed E-state index contributed by atoms with van der Waals surface area (Å²) in [5.74, 6) is 4.95. The van der Waals surface area contributed by atoms with Gasteiger partial charge < -0.3 is 20.7 Å². The van der Waals surface area contributed by atoms with Crippen LogP contribution in [-0.4, -0.2) is 91.0 Å². The molecule has 3 amide bonds. The molecule has 0 unspecified atom stereocenters. The van der Waals surface area contributed by atoms with E-state index in [4.69, 9.17) is 5.73 Å². The van der Waals surface area contributed by atoms with Crippen molar-refractivity contribution in [3.63, 3.8) is 0 Å². The van der Waals surface area contributed by atoms with Crippen LogP contribution in [-0.2, 0) is 37.4 Å². The SMILES string of the molecule is CC(C)N1CCN(Cc2ccc(NC(=O)Cc3cccc(C#Cc4cnc(N)nc4-c4cc5c(n4C)CCN(C(=O)O)C5=O)c3)cc2C(F)(F)F)CC1. The molecule has 0 bridgehead atoms. The number of nitrogens with zero attached hydrogens (tertiary/aromatic N) is 6. The van der Waals surface area contributed by atoms with Gasteiger partial charge in [-0.3, -0.25) is 19.4 Å². The van der Waals surface area contributed by atoms with Crippen LogP contribution in [0.15, 0.2) is 54.7 Å². The number of aromatic nitrogens is 3. The van der Waals surface area contributed by atoms with E-state index in [-0.39, 0.29) is 42.3 Å². The molecule has 0 atom stereocenters. The zero-order chi connectivity index (χ0) is 38.0. The molecule has 0 aliphatic carbocycles. The average Bonchev–Trinajstić information content (AvgIpc) is 3.44. The van der Waals surface area contributed by atoms with Gasteiger partial charge in [0.15, 0.2) is 0 Å². The predicted molar refractivity (Wildman–Crippen MR) is 192 cm³/mol. The number of piperazine rings is 1. The van der Waals surface area contributed by atoms with Crippen molar-refractivity contribution >= 4 is 29.5 Å². The van der Waals surface area contributed by atoms with Crippen LogP contribution in [0.5, 0.6) is 0 Å². The third kappa shape index (κ3) is 8.34. The van der Waals surface area contributed by atoms with Crippen molar-refractivity contribution in [2.45, 2.75) is 45.5 Å². The summed E-state index contributed by atoms with van der Waals surface area (Å²) < 4.78 is 44.2. The lowest BCUT2D eigenvalue weighted by molar-refractivity contribution is -0.138. The highest BCUT2D eigenvalue weighted by Crippen LogP contribution is 2.35. The Hall–Kier alpha value is -5.72. The lowest BCUT2D eigenvalue weighted by Crippen LogP contribution is -2.48. The van der Waals surface area contributed by atoms with Gasteiger partial charge in [0.2, 0.25) is 11.9 Å².